The second-order valence-corrected chi connectivity index (χ2v) is 7.74. The number of ether oxygens (including phenoxy) is 1. The quantitative estimate of drug-likeness (QED) is 0.310. The van der Waals surface area contributed by atoms with Crippen LogP contribution >= 0.6 is 34.8 Å². The normalized spacial score (nSPS) is 10.8. The number of hydrogen-bond acceptors (Lipinski definition) is 3. The third-order valence-electron chi connectivity index (χ3n) is 4.39. The minimum atomic E-state index is -0.302. The predicted octanol–water partition coefficient (Wildman–Crippen LogP) is 7.49. The van der Waals surface area contributed by atoms with Crippen LogP contribution in [0.25, 0.3) is 22.4 Å². The first-order chi connectivity index (χ1) is 14.5. The van der Waals surface area contributed by atoms with Gasteiger partial charge in [0.25, 0.3) is 0 Å². The molecule has 4 rings (SSSR count). The van der Waals surface area contributed by atoms with Crippen molar-refractivity contribution in [3.05, 3.63) is 99.4 Å². The number of aromatic nitrogens is 2. The summed E-state index contributed by atoms with van der Waals surface area (Å²) in [7, 11) is 0. The maximum Gasteiger partial charge on any atom is 0.317 e. The van der Waals surface area contributed by atoms with Gasteiger partial charge >= 0.3 is 6.01 Å². The molecule has 0 aliphatic heterocycles. The predicted molar refractivity (Wildman–Crippen MR) is 119 cm³/mol. The van der Waals surface area contributed by atoms with Crippen molar-refractivity contribution < 1.29 is 9.13 Å². The van der Waals surface area contributed by atoms with Gasteiger partial charge in [-0.05, 0) is 42.0 Å². The zero-order chi connectivity index (χ0) is 21.1. The van der Waals surface area contributed by atoms with Crippen molar-refractivity contribution in [1.29, 1.82) is 0 Å². The molecule has 3 nitrogen and oxygen atoms in total. The summed E-state index contributed by atoms with van der Waals surface area (Å²) in [4.78, 5) is 8.93. The van der Waals surface area contributed by atoms with Gasteiger partial charge in [0.15, 0.2) is 0 Å². The third kappa shape index (κ3) is 4.73. The number of nitrogens with zero attached hydrogens (tertiary/aromatic N) is 2. The molecule has 0 bridgehead atoms. The van der Waals surface area contributed by atoms with Gasteiger partial charge in [-0.1, -0.05) is 65.1 Å². The molecule has 0 saturated carbocycles. The molecule has 0 aliphatic rings. The summed E-state index contributed by atoms with van der Waals surface area (Å²) in [5, 5.41) is 1.64. The minimum Gasteiger partial charge on any atom is -0.459 e. The van der Waals surface area contributed by atoms with Gasteiger partial charge in [0.2, 0.25) is 0 Å². The molecule has 0 aliphatic carbocycles. The molecule has 0 fully saturated rings. The molecular weight excluding hydrogens is 446 g/mol. The fraction of sp³-hybridized carbons (Fsp3) is 0.0435. The summed E-state index contributed by atoms with van der Waals surface area (Å²) in [5.74, 6) is -0.302. The van der Waals surface area contributed by atoms with Crippen molar-refractivity contribution in [1.82, 2.24) is 9.97 Å². The van der Waals surface area contributed by atoms with Crippen LogP contribution in [0.2, 0.25) is 15.1 Å². The summed E-state index contributed by atoms with van der Waals surface area (Å²) < 4.78 is 18.8. The molecule has 7 heteroatoms. The molecule has 0 radical (unpaired) electrons. The molecule has 150 valence electrons. The lowest BCUT2D eigenvalue weighted by atomic mass is 10.0. The van der Waals surface area contributed by atoms with Crippen LogP contribution in [0.15, 0.2) is 72.9 Å². The number of halogens is 4. The van der Waals surface area contributed by atoms with Crippen molar-refractivity contribution in [2.45, 2.75) is 6.61 Å². The van der Waals surface area contributed by atoms with Gasteiger partial charge in [0.1, 0.15) is 12.4 Å². The Labute approximate surface area is 188 Å². The molecule has 0 saturated heterocycles. The molecule has 1 heterocycles. The maximum absolute atomic E-state index is 13.1. The zero-order valence-corrected chi connectivity index (χ0v) is 17.7. The molecule has 0 spiro atoms. The van der Waals surface area contributed by atoms with Crippen LogP contribution in [0.1, 0.15) is 5.56 Å². The van der Waals surface area contributed by atoms with Crippen molar-refractivity contribution >= 4 is 34.8 Å². The van der Waals surface area contributed by atoms with Crippen molar-refractivity contribution in [3.63, 3.8) is 0 Å². The van der Waals surface area contributed by atoms with Crippen LogP contribution in [-0.4, -0.2) is 9.97 Å². The first-order valence-electron chi connectivity index (χ1n) is 8.95. The monoisotopic (exact) mass is 458 g/mol. The van der Waals surface area contributed by atoms with Gasteiger partial charge in [-0.25, -0.2) is 9.37 Å². The van der Waals surface area contributed by atoms with E-state index in [9.17, 15) is 4.39 Å². The van der Waals surface area contributed by atoms with Gasteiger partial charge in [-0.3, -0.25) is 0 Å². The maximum atomic E-state index is 13.1. The van der Waals surface area contributed by atoms with Crippen molar-refractivity contribution in [3.8, 4) is 28.4 Å². The minimum absolute atomic E-state index is 0.193. The third-order valence-corrected chi connectivity index (χ3v) is 5.19. The summed E-state index contributed by atoms with van der Waals surface area (Å²) in [6, 6.07) is 18.8. The van der Waals surface area contributed by atoms with Crippen LogP contribution in [-0.2, 0) is 6.61 Å². The average molecular weight is 460 g/mol. The first-order valence-corrected chi connectivity index (χ1v) is 10.1. The molecule has 4 aromatic rings. The summed E-state index contributed by atoms with van der Waals surface area (Å²) in [6.07, 6.45) is 1.66. The van der Waals surface area contributed by atoms with Crippen LogP contribution in [0.4, 0.5) is 4.39 Å². The van der Waals surface area contributed by atoms with E-state index in [1.165, 1.54) is 12.1 Å². The molecule has 1 aromatic heterocycles. The van der Waals surface area contributed by atoms with E-state index in [0.717, 1.165) is 22.3 Å². The Kier molecular flexibility index (Phi) is 6.18. The molecule has 0 atom stereocenters. The lowest BCUT2D eigenvalue weighted by Gasteiger charge is -2.13. The molecular formula is C23H14Cl3FN2O. The molecule has 0 amide bonds. The lowest BCUT2D eigenvalue weighted by molar-refractivity contribution is 0.281. The number of hydrogen-bond donors (Lipinski definition) is 0. The van der Waals surface area contributed by atoms with Gasteiger partial charge < -0.3 is 4.74 Å². The van der Waals surface area contributed by atoms with E-state index in [-0.39, 0.29) is 18.4 Å². The molecule has 0 N–H and O–H groups in total. The Morgan fingerprint density at radius 1 is 0.800 bits per heavy atom. The SMILES string of the molecule is Fc1ccc(COc2ncc(-c3ccc(Cl)cc3Cl)c(-c3ccc(Cl)cc3)n2)cc1. The summed E-state index contributed by atoms with van der Waals surface area (Å²) >= 11 is 18.5. The average Bonchev–Trinajstić information content (AvgIpc) is 2.74. The van der Waals surface area contributed by atoms with E-state index in [0.29, 0.717) is 20.8 Å². The van der Waals surface area contributed by atoms with E-state index >= 15 is 0 Å². The van der Waals surface area contributed by atoms with Crippen LogP contribution in [0, 0.1) is 5.82 Å². The van der Waals surface area contributed by atoms with Crippen LogP contribution < -0.4 is 4.74 Å². The number of rotatable bonds is 5. The van der Waals surface area contributed by atoms with Gasteiger partial charge in [-0.15, -0.1) is 0 Å². The zero-order valence-electron chi connectivity index (χ0n) is 15.4. The van der Waals surface area contributed by atoms with E-state index in [1.54, 1.807) is 42.6 Å². The van der Waals surface area contributed by atoms with E-state index < -0.39 is 0 Å². The van der Waals surface area contributed by atoms with Crippen molar-refractivity contribution in [2.24, 2.45) is 0 Å². The van der Waals surface area contributed by atoms with Gasteiger partial charge in [0, 0.05) is 32.9 Å². The highest BCUT2D eigenvalue weighted by molar-refractivity contribution is 6.36. The smallest absolute Gasteiger partial charge is 0.317 e. The topological polar surface area (TPSA) is 35.0 Å². The van der Waals surface area contributed by atoms with Gasteiger partial charge in [0.05, 0.1) is 10.7 Å². The van der Waals surface area contributed by atoms with Gasteiger partial charge in [-0.2, -0.15) is 4.98 Å². The second kappa shape index (κ2) is 9.00. The first kappa shape index (κ1) is 20.6. The lowest BCUT2D eigenvalue weighted by Crippen LogP contribution is -2.02. The van der Waals surface area contributed by atoms with E-state index in [2.05, 4.69) is 9.97 Å². The van der Waals surface area contributed by atoms with E-state index in [1.807, 2.05) is 18.2 Å². The Hall–Kier alpha value is -2.66. The Bertz CT molecular complexity index is 1180. The van der Waals surface area contributed by atoms with E-state index in [4.69, 9.17) is 39.5 Å². The highest BCUT2D eigenvalue weighted by Gasteiger charge is 2.15. The number of benzene rings is 3. The van der Waals surface area contributed by atoms with Crippen LogP contribution in [0.5, 0.6) is 6.01 Å². The second-order valence-electron chi connectivity index (χ2n) is 6.46. The molecule has 0 unspecified atom stereocenters. The standard InChI is InChI=1S/C23H14Cl3FN2O/c24-16-5-3-15(4-6-16)22-20(19-10-7-17(25)11-21(19)26)12-28-23(29-22)30-13-14-1-8-18(27)9-2-14/h1-12H,13H2. The fourth-order valence-electron chi connectivity index (χ4n) is 2.90. The Balaban J connectivity index is 1.73. The van der Waals surface area contributed by atoms with Crippen LogP contribution in [0.3, 0.4) is 0 Å². The summed E-state index contributed by atoms with van der Waals surface area (Å²) in [5.41, 5.74) is 3.75. The Morgan fingerprint density at radius 2 is 1.50 bits per heavy atom. The fourth-order valence-corrected chi connectivity index (χ4v) is 3.53. The summed E-state index contributed by atoms with van der Waals surface area (Å²) in [6.45, 7) is 0.210. The highest BCUT2D eigenvalue weighted by Crippen LogP contribution is 2.36. The molecule has 3 aromatic carbocycles. The van der Waals surface area contributed by atoms with Crippen molar-refractivity contribution in [2.75, 3.05) is 0 Å². The Morgan fingerprint density at radius 3 is 2.20 bits per heavy atom. The highest BCUT2D eigenvalue weighted by atomic mass is 35.5. The largest absolute Gasteiger partial charge is 0.459 e. The molecule has 30 heavy (non-hydrogen) atoms.